The topological polar surface area (TPSA) is 78.9 Å². The number of allylic oxidation sites excluding steroid dienone is 16. The van der Waals surface area contributed by atoms with E-state index in [4.69, 9.17) is 14.2 Å². The molecule has 0 aliphatic rings. The van der Waals surface area contributed by atoms with Gasteiger partial charge in [0.2, 0.25) is 0 Å². The highest BCUT2D eigenvalue weighted by Gasteiger charge is 2.19. The predicted octanol–water partition coefficient (Wildman–Crippen LogP) is 18.9. The molecule has 0 aromatic carbocycles. The summed E-state index contributed by atoms with van der Waals surface area (Å²) in [6.07, 6.45) is 73.9. The third-order valence-electron chi connectivity index (χ3n) is 11.8. The standard InChI is InChI=1S/C62H104O6/c1-4-7-10-13-16-19-22-25-28-30-31-33-34-37-40-43-46-49-52-55-61(64)67-58-59(57-66-60(63)54-51-48-45-42-39-36-27-24-21-18-15-12-9-6-3)68-62(65)56-53-50-47-44-41-38-35-32-29-26-23-20-17-14-11-8-5-2/h7,10,16-17,19-20,24-29,31,33,37,40,59H,4-6,8-9,11-15,18,21-23,30,32,34-36,38-39,41-58H2,1-3H3/b10-7-,19-16-,20-17-,27-24-,28-25-,29-26-,33-31-,40-37-/t59-/m1/s1. The first kappa shape index (κ1) is 64.3. The first-order valence-electron chi connectivity index (χ1n) is 28.2. The van der Waals surface area contributed by atoms with Gasteiger partial charge in [0.1, 0.15) is 13.2 Å². The number of unbranched alkanes of at least 4 members (excludes halogenated alkanes) is 23. The van der Waals surface area contributed by atoms with Crippen molar-refractivity contribution in [2.24, 2.45) is 0 Å². The average molecular weight is 946 g/mol. The molecule has 1 atom stereocenters. The number of esters is 3. The van der Waals surface area contributed by atoms with Crippen LogP contribution in [0.5, 0.6) is 0 Å². The molecule has 0 aromatic heterocycles. The second kappa shape index (κ2) is 55.9. The molecule has 6 heteroatoms. The fraction of sp³-hybridized carbons (Fsp3) is 0.694. The van der Waals surface area contributed by atoms with Crippen molar-refractivity contribution >= 4 is 17.9 Å². The van der Waals surface area contributed by atoms with E-state index in [2.05, 4.69) is 118 Å². The van der Waals surface area contributed by atoms with Crippen LogP contribution in [0, 0.1) is 0 Å². The number of carbonyl (C=O) groups excluding carboxylic acids is 3. The molecule has 388 valence electrons. The van der Waals surface area contributed by atoms with Crippen molar-refractivity contribution in [3.8, 4) is 0 Å². The fourth-order valence-electron chi connectivity index (χ4n) is 7.55. The van der Waals surface area contributed by atoms with Crippen molar-refractivity contribution < 1.29 is 28.6 Å². The summed E-state index contributed by atoms with van der Waals surface area (Å²) in [4.78, 5) is 38.1. The highest BCUT2D eigenvalue weighted by molar-refractivity contribution is 5.71. The Morgan fingerprint density at radius 2 is 0.574 bits per heavy atom. The van der Waals surface area contributed by atoms with E-state index in [1.54, 1.807) is 0 Å². The molecule has 0 aliphatic carbocycles. The van der Waals surface area contributed by atoms with Crippen LogP contribution < -0.4 is 0 Å². The zero-order chi connectivity index (χ0) is 49.3. The van der Waals surface area contributed by atoms with Gasteiger partial charge in [-0.15, -0.1) is 0 Å². The van der Waals surface area contributed by atoms with Gasteiger partial charge in [0.15, 0.2) is 6.10 Å². The van der Waals surface area contributed by atoms with Crippen molar-refractivity contribution in [2.45, 2.75) is 264 Å². The fourth-order valence-corrected chi connectivity index (χ4v) is 7.55. The first-order chi connectivity index (χ1) is 33.5. The third kappa shape index (κ3) is 53.3. The van der Waals surface area contributed by atoms with Crippen LogP contribution in [0.4, 0.5) is 0 Å². The summed E-state index contributed by atoms with van der Waals surface area (Å²) in [5, 5.41) is 0. The zero-order valence-electron chi connectivity index (χ0n) is 44.3. The molecule has 0 aromatic rings. The number of hydrogen-bond donors (Lipinski definition) is 0. The van der Waals surface area contributed by atoms with Gasteiger partial charge in [-0.2, -0.15) is 0 Å². The molecule has 68 heavy (non-hydrogen) atoms. The summed E-state index contributed by atoms with van der Waals surface area (Å²) in [5.74, 6) is -0.943. The Bertz CT molecular complexity index is 1360. The van der Waals surface area contributed by atoms with Crippen molar-refractivity contribution in [1.29, 1.82) is 0 Å². The van der Waals surface area contributed by atoms with E-state index in [0.29, 0.717) is 19.3 Å². The van der Waals surface area contributed by atoms with E-state index in [0.717, 1.165) is 116 Å². The largest absolute Gasteiger partial charge is 0.462 e. The van der Waals surface area contributed by atoms with Crippen LogP contribution in [0.3, 0.4) is 0 Å². The molecule has 0 N–H and O–H groups in total. The lowest BCUT2D eigenvalue weighted by Crippen LogP contribution is -2.30. The molecular formula is C62H104O6. The summed E-state index contributed by atoms with van der Waals surface area (Å²) in [5.41, 5.74) is 0. The average Bonchev–Trinajstić information content (AvgIpc) is 3.34. The van der Waals surface area contributed by atoms with Crippen molar-refractivity contribution in [1.82, 2.24) is 0 Å². The molecule has 0 heterocycles. The maximum atomic E-state index is 12.8. The van der Waals surface area contributed by atoms with Crippen molar-refractivity contribution in [2.75, 3.05) is 13.2 Å². The molecule has 0 aliphatic heterocycles. The summed E-state index contributed by atoms with van der Waals surface area (Å²) in [6.45, 7) is 6.45. The van der Waals surface area contributed by atoms with Crippen LogP contribution in [0.15, 0.2) is 97.2 Å². The highest BCUT2D eigenvalue weighted by atomic mass is 16.6. The Kier molecular flexibility index (Phi) is 52.9. The van der Waals surface area contributed by atoms with Gasteiger partial charge >= 0.3 is 17.9 Å². The molecule has 0 bridgehead atoms. The lowest BCUT2D eigenvalue weighted by atomic mass is 10.1. The lowest BCUT2D eigenvalue weighted by Gasteiger charge is -2.18. The minimum absolute atomic E-state index is 0.0963. The van der Waals surface area contributed by atoms with Gasteiger partial charge in [-0.05, 0) is 122 Å². The van der Waals surface area contributed by atoms with E-state index < -0.39 is 6.10 Å². The number of carbonyl (C=O) groups is 3. The minimum atomic E-state index is -0.800. The maximum absolute atomic E-state index is 12.8. The first-order valence-corrected chi connectivity index (χ1v) is 28.2. The normalized spacial score (nSPS) is 12.8. The van der Waals surface area contributed by atoms with Crippen LogP contribution in [0.1, 0.15) is 258 Å². The smallest absolute Gasteiger partial charge is 0.306 e. The van der Waals surface area contributed by atoms with Gasteiger partial charge in [-0.25, -0.2) is 0 Å². The van der Waals surface area contributed by atoms with Crippen LogP contribution in [0.2, 0.25) is 0 Å². The van der Waals surface area contributed by atoms with E-state index >= 15 is 0 Å². The van der Waals surface area contributed by atoms with Crippen LogP contribution >= 0.6 is 0 Å². The predicted molar refractivity (Wildman–Crippen MR) is 293 cm³/mol. The summed E-state index contributed by atoms with van der Waals surface area (Å²) in [6, 6.07) is 0. The van der Waals surface area contributed by atoms with Gasteiger partial charge in [-0.1, -0.05) is 214 Å². The highest BCUT2D eigenvalue weighted by Crippen LogP contribution is 2.14. The van der Waals surface area contributed by atoms with Crippen molar-refractivity contribution in [3.05, 3.63) is 97.2 Å². The summed E-state index contributed by atoms with van der Waals surface area (Å²) >= 11 is 0. The summed E-state index contributed by atoms with van der Waals surface area (Å²) < 4.78 is 16.8. The summed E-state index contributed by atoms with van der Waals surface area (Å²) in [7, 11) is 0. The molecule has 0 unspecified atom stereocenters. The van der Waals surface area contributed by atoms with Gasteiger partial charge in [0.25, 0.3) is 0 Å². The maximum Gasteiger partial charge on any atom is 0.306 e. The molecule has 6 nitrogen and oxygen atoms in total. The van der Waals surface area contributed by atoms with E-state index in [-0.39, 0.29) is 31.1 Å². The Morgan fingerprint density at radius 3 is 0.956 bits per heavy atom. The number of rotatable bonds is 50. The van der Waals surface area contributed by atoms with Crippen molar-refractivity contribution in [3.63, 3.8) is 0 Å². The van der Waals surface area contributed by atoms with Gasteiger partial charge in [0.05, 0.1) is 0 Å². The van der Waals surface area contributed by atoms with Crippen LogP contribution in [-0.4, -0.2) is 37.2 Å². The van der Waals surface area contributed by atoms with Crippen LogP contribution in [0.25, 0.3) is 0 Å². The minimum Gasteiger partial charge on any atom is -0.462 e. The lowest BCUT2D eigenvalue weighted by molar-refractivity contribution is -0.167. The SMILES string of the molecule is CC/C=C\C/C=C\C/C=C\C/C=C\C/C=C\CCCCCC(=O)OC[C@@H](COC(=O)CCCCCCC/C=C\CCCCCCC)OC(=O)CCCCCCCCC/C=C\C/C=C\CCCCC. The zero-order valence-corrected chi connectivity index (χ0v) is 44.3. The number of ether oxygens (including phenoxy) is 3. The van der Waals surface area contributed by atoms with Gasteiger partial charge in [0, 0.05) is 19.3 Å². The number of hydrogen-bond acceptors (Lipinski definition) is 6. The van der Waals surface area contributed by atoms with Gasteiger partial charge in [-0.3, -0.25) is 14.4 Å². The quantitative estimate of drug-likeness (QED) is 0.0262. The van der Waals surface area contributed by atoms with E-state index in [9.17, 15) is 14.4 Å². The van der Waals surface area contributed by atoms with E-state index in [1.165, 1.54) is 103 Å². The van der Waals surface area contributed by atoms with E-state index in [1.807, 2.05) is 0 Å². The Labute approximate surface area is 419 Å². The Balaban J connectivity index is 4.48. The Morgan fingerprint density at radius 1 is 0.309 bits per heavy atom. The molecule has 0 radical (unpaired) electrons. The second-order valence-corrected chi connectivity index (χ2v) is 18.5. The van der Waals surface area contributed by atoms with Gasteiger partial charge < -0.3 is 14.2 Å². The molecular weight excluding hydrogens is 841 g/mol. The Hall–Kier alpha value is -3.67. The van der Waals surface area contributed by atoms with Crippen LogP contribution in [-0.2, 0) is 28.6 Å². The molecule has 0 spiro atoms. The third-order valence-corrected chi connectivity index (χ3v) is 11.8. The second-order valence-electron chi connectivity index (χ2n) is 18.5. The molecule has 0 amide bonds. The molecule has 0 fully saturated rings. The molecule has 0 saturated heterocycles. The monoisotopic (exact) mass is 945 g/mol. The molecule has 0 rings (SSSR count). The molecule has 0 saturated carbocycles.